The minimum absolute atomic E-state index is 0.0192. The smallest absolute Gasteiger partial charge is 0.255 e. The number of aryl methyl sites for hydroxylation is 1. The Morgan fingerprint density at radius 2 is 1.92 bits per heavy atom. The summed E-state index contributed by atoms with van der Waals surface area (Å²) in [6.07, 6.45) is 0. The highest BCUT2D eigenvalue weighted by molar-refractivity contribution is 7.89. The summed E-state index contributed by atoms with van der Waals surface area (Å²) in [5.41, 5.74) is 2.01. The SMILES string of the molecule is CNS(=O)(=O)c1ccc(Cl)c(C(=O)N(C)Cc2cc(C)ccc2OC)c1. The highest BCUT2D eigenvalue weighted by Crippen LogP contribution is 2.25. The van der Waals surface area contributed by atoms with Crippen molar-refractivity contribution in [2.45, 2.75) is 18.4 Å². The molecular weight excluding hydrogens is 376 g/mol. The van der Waals surface area contributed by atoms with E-state index in [1.165, 1.54) is 30.1 Å². The first kappa shape index (κ1) is 20.2. The zero-order valence-electron chi connectivity index (χ0n) is 15.0. The molecule has 8 heteroatoms. The lowest BCUT2D eigenvalue weighted by molar-refractivity contribution is 0.0784. The van der Waals surface area contributed by atoms with Crippen molar-refractivity contribution >= 4 is 27.5 Å². The molecule has 0 radical (unpaired) electrons. The molecule has 0 bridgehead atoms. The lowest BCUT2D eigenvalue weighted by atomic mass is 10.1. The van der Waals surface area contributed by atoms with Crippen molar-refractivity contribution in [3.05, 3.63) is 58.1 Å². The molecule has 26 heavy (non-hydrogen) atoms. The van der Waals surface area contributed by atoms with E-state index in [0.717, 1.165) is 11.1 Å². The maximum Gasteiger partial charge on any atom is 0.255 e. The molecule has 0 aromatic heterocycles. The van der Waals surface area contributed by atoms with Gasteiger partial charge in [-0.2, -0.15) is 0 Å². The molecule has 0 saturated carbocycles. The molecule has 1 amide bonds. The predicted octanol–water partition coefficient (Wildman–Crippen LogP) is 2.84. The van der Waals surface area contributed by atoms with Crippen molar-refractivity contribution in [1.29, 1.82) is 0 Å². The molecule has 2 aromatic carbocycles. The molecule has 0 unspecified atom stereocenters. The Bertz CT molecular complexity index is 929. The van der Waals surface area contributed by atoms with E-state index in [2.05, 4.69) is 4.72 Å². The van der Waals surface area contributed by atoms with Gasteiger partial charge in [-0.3, -0.25) is 4.79 Å². The number of carbonyl (C=O) groups is 1. The lowest BCUT2D eigenvalue weighted by Gasteiger charge is -2.20. The van der Waals surface area contributed by atoms with E-state index in [9.17, 15) is 13.2 Å². The van der Waals surface area contributed by atoms with E-state index in [-0.39, 0.29) is 21.4 Å². The van der Waals surface area contributed by atoms with Crippen molar-refractivity contribution in [1.82, 2.24) is 9.62 Å². The number of hydrogen-bond donors (Lipinski definition) is 1. The molecule has 2 aromatic rings. The van der Waals surface area contributed by atoms with E-state index < -0.39 is 10.0 Å². The zero-order valence-corrected chi connectivity index (χ0v) is 16.6. The first-order valence-corrected chi connectivity index (χ1v) is 9.67. The monoisotopic (exact) mass is 396 g/mol. The quantitative estimate of drug-likeness (QED) is 0.814. The van der Waals surface area contributed by atoms with Crippen LogP contribution < -0.4 is 9.46 Å². The Hall–Kier alpha value is -2.09. The minimum atomic E-state index is -3.67. The topological polar surface area (TPSA) is 75.7 Å². The summed E-state index contributed by atoms with van der Waals surface area (Å²) in [6, 6.07) is 9.74. The molecule has 0 heterocycles. The molecule has 6 nitrogen and oxygen atoms in total. The fourth-order valence-electron chi connectivity index (χ4n) is 2.52. The maximum atomic E-state index is 12.8. The highest BCUT2D eigenvalue weighted by atomic mass is 35.5. The Morgan fingerprint density at radius 3 is 2.54 bits per heavy atom. The van der Waals surface area contributed by atoms with Gasteiger partial charge in [-0.1, -0.05) is 29.3 Å². The third-order valence-electron chi connectivity index (χ3n) is 3.94. The predicted molar refractivity (Wildman–Crippen MR) is 101 cm³/mol. The fourth-order valence-corrected chi connectivity index (χ4v) is 3.47. The number of hydrogen-bond acceptors (Lipinski definition) is 4. The summed E-state index contributed by atoms with van der Waals surface area (Å²) < 4.78 is 31.5. The van der Waals surface area contributed by atoms with E-state index in [0.29, 0.717) is 12.3 Å². The number of rotatable bonds is 6. The first-order chi connectivity index (χ1) is 12.2. The molecule has 0 aliphatic carbocycles. The summed E-state index contributed by atoms with van der Waals surface area (Å²) in [6.45, 7) is 2.25. The number of nitrogens with one attached hydrogen (secondary N) is 1. The Morgan fingerprint density at radius 1 is 1.23 bits per heavy atom. The van der Waals surface area contributed by atoms with Gasteiger partial charge in [-0.05, 0) is 38.2 Å². The van der Waals surface area contributed by atoms with E-state index in [1.54, 1.807) is 14.2 Å². The normalized spacial score (nSPS) is 11.3. The third-order valence-corrected chi connectivity index (χ3v) is 5.68. The van der Waals surface area contributed by atoms with Crippen LogP contribution in [-0.4, -0.2) is 40.4 Å². The second kappa shape index (κ2) is 8.07. The maximum absolute atomic E-state index is 12.8. The molecule has 0 fully saturated rings. The molecule has 2 rings (SSSR count). The van der Waals surface area contributed by atoms with Gasteiger partial charge in [0, 0.05) is 19.2 Å². The molecule has 0 saturated heterocycles. The van der Waals surface area contributed by atoms with Crippen molar-refractivity contribution in [3.8, 4) is 5.75 Å². The molecule has 140 valence electrons. The van der Waals surface area contributed by atoms with E-state index in [1.807, 2.05) is 25.1 Å². The van der Waals surface area contributed by atoms with Crippen molar-refractivity contribution in [3.63, 3.8) is 0 Å². The van der Waals surface area contributed by atoms with Crippen LogP contribution in [0.3, 0.4) is 0 Å². The first-order valence-electron chi connectivity index (χ1n) is 7.81. The number of ether oxygens (including phenoxy) is 1. The van der Waals surface area contributed by atoms with Gasteiger partial charge in [-0.15, -0.1) is 0 Å². The van der Waals surface area contributed by atoms with E-state index >= 15 is 0 Å². The minimum Gasteiger partial charge on any atom is -0.496 e. The number of benzene rings is 2. The largest absolute Gasteiger partial charge is 0.496 e. The van der Waals surface area contributed by atoms with Crippen LogP contribution >= 0.6 is 11.6 Å². The lowest BCUT2D eigenvalue weighted by Crippen LogP contribution is -2.27. The molecule has 0 aliphatic rings. The Kier molecular flexibility index (Phi) is 6.28. The molecular formula is C18H21ClN2O4S. The van der Waals surface area contributed by atoms with Gasteiger partial charge in [0.05, 0.1) is 22.6 Å². The summed E-state index contributed by atoms with van der Waals surface area (Å²) in [7, 11) is 0.829. The summed E-state index contributed by atoms with van der Waals surface area (Å²) >= 11 is 6.13. The number of carbonyl (C=O) groups excluding carboxylic acids is 1. The van der Waals surface area contributed by atoms with Crippen LogP contribution in [0.25, 0.3) is 0 Å². The van der Waals surface area contributed by atoms with Gasteiger partial charge in [0.2, 0.25) is 10.0 Å². The number of nitrogens with zero attached hydrogens (tertiary/aromatic N) is 1. The second-order valence-electron chi connectivity index (χ2n) is 5.83. The highest BCUT2D eigenvalue weighted by Gasteiger charge is 2.20. The van der Waals surface area contributed by atoms with Gasteiger partial charge >= 0.3 is 0 Å². The van der Waals surface area contributed by atoms with Crippen molar-refractivity contribution in [2.75, 3.05) is 21.2 Å². The third kappa shape index (κ3) is 4.35. The van der Waals surface area contributed by atoms with Crippen LogP contribution in [0.4, 0.5) is 0 Å². The van der Waals surface area contributed by atoms with Crippen LogP contribution in [0.1, 0.15) is 21.5 Å². The van der Waals surface area contributed by atoms with Crippen LogP contribution in [-0.2, 0) is 16.6 Å². The number of halogens is 1. The van der Waals surface area contributed by atoms with Crippen molar-refractivity contribution in [2.24, 2.45) is 0 Å². The summed E-state index contributed by atoms with van der Waals surface area (Å²) in [5.74, 6) is 0.291. The molecule has 1 N–H and O–H groups in total. The van der Waals surface area contributed by atoms with Gasteiger partial charge in [-0.25, -0.2) is 13.1 Å². The Balaban J connectivity index is 2.34. The van der Waals surface area contributed by atoms with Gasteiger partial charge in [0.15, 0.2) is 0 Å². The van der Waals surface area contributed by atoms with Gasteiger partial charge in [0.25, 0.3) is 5.91 Å². The average Bonchev–Trinajstić information content (AvgIpc) is 2.61. The summed E-state index contributed by atoms with van der Waals surface area (Å²) in [4.78, 5) is 14.3. The van der Waals surface area contributed by atoms with Gasteiger partial charge < -0.3 is 9.64 Å². The second-order valence-corrected chi connectivity index (χ2v) is 8.12. The molecule has 0 atom stereocenters. The van der Waals surface area contributed by atoms with Gasteiger partial charge in [0.1, 0.15) is 5.75 Å². The average molecular weight is 397 g/mol. The number of amides is 1. The molecule has 0 spiro atoms. The summed E-state index contributed by atoms with van der Waals surface area (Å²) in [5, 5.41) is 0.188. The van der Waals surface area contributed by atoms with Crippen LogP contribution in [0.15, 0.2) is 41.3 Å². The number of sulfonamides is 1. The molecule has 0 aliphatic heterocycles. The standard InChI is InChI=1S/C18H21ClN2O4S/c1-12-5-8-17(25-4)13(9-12)11-21(3)18(22)15-10-14(6-7-16(15)19)26(23,24)20-2/h5-10,20H,11H2,1-4H3. The fraction of sp³-hybridized carbons (Fsp3) is 0.278. The van der Waals surface area contributed by atoms with Crippen LogP contribution in [0.2, 0.25) is 5.02 Å². The van der Waals surface area contributed by atoms with E-state index in [4.69, 9.17) is 16.3 Å². The van der Waals surface area contributed by atoms with Crippen LogP contribution in [0.5, 0.6) is 5.75 Å². The Labute approximate surface area is 158 Å². The zero-order chi connectivity index (χ0) is 19.5. The number of methoxy groups -OCH3 is 1. The van der Waals surface area contributed by atoms with Crippen molar-refractivity contribution < 1.29 is 17.9 Å². The van der Waals surface area contributed by atoms with Crippen LogP contribution in [0, 0.1) is 6.92 Å².